The fourth-order valence-corrected chi connectivity index (χ4v) is 0.291. The number of Topliss-reactive ketones (excluding diaryl/α,β-unsaturated/α-hetero) is 1. The number of carbonyl (C=O) groups is 1. The maximum absolute atomic E-state index is 10.1. The smallest absolute Gasteiger partial charge is 0.0442 e. The van der Waals surface area contributed by atoms with Crippen LogP contribution in [0.3, 0.4) is 0 Å². The molecule has 0 saturated carbocycles. The Kier molecular flexibility index (Phi) is 9.97. The van der Waals surface area contributed by atoms with Gasteiger partial charge in [0.05, 0.1) is 0 Å². The zero-order chi connectivity index (χ0) is 6.41. The van der Waals surface area contributed by atoms with Crippen molar-refractivity contribution < 1.29 is 25.9 Å². The van der Waals surface area contributed by atoms with Crippen LogP contribution in [0, 0.1) is 6.92 Å². The first-order chi connectivity index (χ1) is 3.77. The van der Waals surface area contributed by atoms with Gasteiger partial charge in [0.25, 0.3) is 0 Å². The number of carbonyl (C=O) groups excluding carboxylic acids is 1. The molecule has 1 N–H and O–H groups in total. The van der Waals surface area contributed by atoms with Gasteiger partial charge in [-0.2, -0.15) is 0 Å². The van der Waals surface area contributed by atoms with Gasteiger partial charge in [0.1, 0.15) is 0 Å². The Labute approximate surface area is 70.0 Å². The first-order valence-corrected chi connectivity index (χ1v) is 2.46. The second-order valence-corrected chi connectivity index (χ2v) is 1.42. The van der Waals surface area contributed by atoms with E-state index in [9.17, 15) is 4.79 Å². The maximum Gasteiger partial charge on any atom is 0.0442 e. The molecule has 0 unspecified atom stereocenters. The van der Waals surface area contributed by atoms with Crippen LogP contribution in [0.15, 0.2) is 12.3 Å². The van der Waals surface area contributed by atoms with Crippen LogP contribution in [0.1, 0.15) is 6.92 Å². The van der Waals surface area contributed by atoms with Crippen molar-refractivity contribution in [2.45, 2.75) is 6.92 Å². The van der Waals surface area contributed by atoms with Gasteiger partial charge >= 0.3 is 0 Å². The molecule has 3 heteroatoms. The first-order valence-electron chi connectivity index (χ1n) is 2.46. The molecule has 0 saturated heterocycles. The number of nitrogens with one attached hydrogen (secondary N) is 1. The SMILES string of the molecule is [CH2-]C(=O)CNC=CC.[W]. The summed E-state index contributed by atoms with van der Waals surface area (Å²) in [6.45, 7) is 5.37. The van der Waals surface area contributed by atoms with Crippen LogP contribution in [-0.4, -0.2) is 12.3 Å². The van der Waals surface area contributed by atoms with Gasteiger partial charge in [0.15, 0.2) is 0 Å². The summed E-state index contributed by atoms with van der Waals surface area (Å²) in [7, 11) is 0. The van der Waals surface area contributed by atoms with Gasteiger partial charge in [-0.15, -0.1) is 0 Å². The van der Waals surface area contributed by atoms with Crippen LogP contribution in [0.4, 0.5) is 0 Å². The van der Waals surface area contributed by atoms with E-state index >= 15 is 0 Å². The third-order valence-electron chi connectivity index (χ3n) is 0.584. The number of rotatable bonds is 3. The van der Waals surface area contributed by atoms with Crippen LogP contribution >= 0.6 is 0 Å². The molecular weight excluding hydrogens is 286 g/mol. The molecule has 2 nitrogen and oxygen atoms in total. The Morgan fingerprint density at radius 2 is 2.33 bits per heavy atom. The average Bonchev–Trinajstić information content (AvgIpc) is 1.66. The minimum absolute atomic E-state index is 0. The summed E-state index contributed by atoms with van der Waals surface area (Å²) < 4.78 is 0. The van der Waals surface area contributed by atoms with Gasteiger partial charge in [0.2, 0.25) is 0 Å². The van der Waals surface area contributed by atoms with Crippen molar-refractivity contribution in [1.29, 1.82) is 0 Å². The minimum Gasteiger partial charge on any atom is -0.387 e. The van der Waals surface area contributed by atoms with Gasteiger partial charge in [-0.25, -0.2) is 0 Å². The van der Waals surface area contributed by atoms with E-state index in [4.69, 9.17) is 0 Å². The Bertz CT molecular complexity index is 101. The van der Waals surface area contributed by atoms with Gasteiger partial charge < -0.3 is 17.0 Å². The largest absolute Gasteiger partial charge is 0.387 e. The van der Waals surface area contributed by atoms with E-state index in [2.05, 4.69) is 12.2 Å². The fourth-order valence-electron chi connectivity index (χ4n) is 0.291. The second kappa shape index (κ2) is 7.77. The van der Waals surface area contributed by atoms with E-state index in [1.54, 1.807) is 6.20 Å². The fraction of sp³-hybridized carbons (Fsp3) is 0.333. The van der Waals surface area contributed by atoms with Gasteiger partial charge in [0, 0.05) is 33.4 Å². The van der Waals surface area contributed by atoms with Crippen LogP contribution in [-0.2, 0) is 25.9 Å². The van der Waals surface area contributed by atoms with E-state index in [1.165, 1.54) is 0 Å². The first kappa shape index (κ1) is 11.6. The Balaban J connectivity index is 0. The zero-order valence-electron chi connectivity index (χ0n) is 5.39. The maximum atomic E-state index is 10.1. The predicted molar refractivity (Wildman–Crippen MR) is 33.2 cm³/mol. The monoisotopic (exact) mass is 296 g/mol. The van der Waals surface area contributed by atoms with Crippen molar-refractivity contribution in [3.8, 4) is 0 Å². The van der Waals surface area contributed by atoms with Crippen LogP contribution in [0.25, 0.3) is 0 Å². The minimum atomic E-state index is -0.0944. The average molecular weight is 296 g/mol. The number of ketones is 1. The Hall–Kier alpha value is -0.232. The molecule has 0 amide bonds. The number of hydrogen-bond donors (Lipinski definition) is 1. The Morgan fingerprint density at radius 3 is 2.67 bits per heavy atom. The summed E-state index contributed by atoms with van der Waals surface area (Å²) in [6.07, 6.45) is 3.53. The summed E-state index contributed by atoms with van der Waals surface area (Å²) in [5.74, 6) is -0.0944. The van der Waals surface area contributed by atoms with E-state index in [-0.39, 0.29) is 26.8 Å². The van der Waals surface area contributed by atoms with Crippen LogP contribution in [0.2, 0.25) is 0 Å². The van der Waals surface area contributed by atoms with Crippen molar-refractivity contribution in [3.05, 3.63) is 19.2 Å². The molecule has 0 aromatic rings. The molecule has 0 aromatic carbocycles. The molecule has 9 heavy (non-hydrogen) atoms. The van der Waals surface area contributed by atoms with Crippen molar-refractivity contribution in [3.63, 3.8) is 0 Å². The molecule has 52 valence electrons. The van der Waals surface area contributed by atoms with Crippen LogP contribution in [0.5, 0.6) is 0 Å². The molecular formula is C6H10NOW-. The van der Waals surface area contributed by atoms with Crippen molar-refractivity contribution in [2.75, 3.05) is 6.54 Å². The molecule has 0 aromatic heterocycles. The summed E-state index contributed by atoms with van der Waals surface area (Å²) in [6, 6.07) is 0. The third kappa shape index (κ3) is 11.4. The molecule has 0 bridgehead atoms. The van der Waals surface area contributed by atoms with Gasteiger partial charge in [-0.1, -0.05) is 6.08 Å². The summed E-state index contributed by atoms with van der Waals surface area (Å²) in [4.78, 5) is 10.1. The van der Waals surface area contributed by atoms with Crippen LogP contribution < -0.4 is 5.32 Å². The van der Waals surface area contributed by atoms with Gasteiger partial charge in [-0.3, -0.25) is 0 Å². The molecule has 0 aliphatic rings. The summed E-state index contributed by atoms with van der Waals surface area (Å²) in [5, 5.41) is 2.74. The van der Waals surface area contributed by atoms with E-state index < -0.39 is 0 Å². The standard InChI is InChI=1S/C6H10NO.W/c1-3-4-7-5-6(2)8;/h3-4,7H,2,5H2,1H3;/q-1;. The molecule has 0 aliphatic carbocycles. The van der Waals surface area contributed by atoms with Crippen molar-refractivity contribution in [1.82, 2.24) is 5.32 Å². The molecule has 0 spiro atoms. The Morgan fingerprint density at radius 1 is 1.78 bits per heavy atom. The molecule has 0 radical (unpaired) electrons. The van der Waals surface area contributed by atoms with Crippen molar-refractivity contribution >= 4 is 5.78 Å². The molecule has 0 rings (SSSR count). The van der Waals surface area contributed by atoms with E-state index in [1.807, 2.05) is 13.0 Å². The third-order valence-corrected chi connectivity index (χ3v) is 0.584. The molecule has 0 atom stereocenters. The molecule has 0 fully saturated rings. The topological polar surface area (TPSA) is 29.1 Å². The summed E-state index contributed by atoms with van der Waals surface area (Å²) in [5.41, 5.74) is 0. The van der Waals surface area contributed by atoms with E-state index in [0.717, 1.165) is 0 Å². The summed E-state index contributed by atoms with van der Waals surface area (Å²) >= 11 is 0. The number of hydrogen-bond acceptors (Lipinski definition) is 2. The number of allylic oxidation sites excluding steroid dienone is 1. The quantitative estimate of drug-likeness (QED) is 0.769. The molecule has 0 aliphatic heterocycles. The van der Waals surface area contributed by atoms with E-state index in [0.29, 0.717) is 6.54 Å². The van der Waals surface area contributed by atoms with Gasteiger partial charge in [-0.05, 0) is 13.1 Å². The molecule has 0 heterocycles. The predicted octanol–water partition coefficient (Wildman–Crippen LogP) is 0.510. The zero-order valence-corrected chi connectivity index (χ0v) is 8.32. The normalized spacial score (nSPS) is 8.56. The van der Waals surface area contributed by atoms with Crippen molar-refractivity contribution in [2.24, 2.45) is 0 Å². The second-order valence-electron chi connectivity index (χ2n) is 1.42.